The Hall–Kier alpha value is -1.07. The molecule has 1 N–H and O–H groups in total. The maximum Gasteiger partial charge on any atom is 0.272 e. The summed E-state index contributed by atoms with van der Waals surface area (Å²) in [6.07, 6.45) is 7.92. The normalized spacial score (nSPS) is 22.6. The predicted molar refractivity (Wildman–Crippen MR) is 84.4 cm³/mol. The Bertz CT molecular complexity index is 445. The van der Waals surface area contributed by atoms with Gasteiger partial charge in [-0.05, 0) is 44.9 Å². The minimum atomic E-state index is -0.293. The van der Waals surface area contributed by atoms with E-state index < -0.39 is 0 Å². The molecule has 0 saturated heterocycles. The van der Waals surface area contributed by atoms with E-state index in [1.165, 1.54) is 25.7 Å². The Balaban J connectivity index is 1.78. The minimum absolute atomic E-state index is 0.236. The molecule has 1 fully saturated rings. The Morgan fingerprint density at radius 1 is 1.30 bits per heavy atom. The zero-order valence-electron chi connectivity index (χ0n) is 11.9. The van der Waals surface area contributed by atoms with E-state index >= 15 is 0 Å². The highest BCUT2D eigenvalue weighted by atomic mass is 32.2. The lowest BCUT2D eigenvalue weighted by atomic mass is 9.95. The number of nitrogens with one attached hydrogen (secondary N) is 1. The molecule has 0 radical (unpaired) electrons. The predicted octanol–water partition coefficient (Wildman–Crippen LogP) is 3.40. The average molecular weight is 294 g/mol. The highest BCUT2D eigenvalue weighted by Crippen LogP contribution is 2.26. The number of benzene rings is 1. The van der Waals surface area contributed by atoms with Gasteiger partial charge < -0.3 is 5.32 Å². The van der Waals surface area contributed by atoms with Crippen LogP contribution in [0, 0.1) is 10.1 Å². The second-order valence-corrected chi connectivity index (χ2v) is 6.44. The molecule has 1 saturated carbocycles. The zero-order chi connectivity index (χ0) is 14.4. The maximum absolute atomic E-state index is 10.9. The summed E-state index contributed by atoms with van der Waals surface area (Å²) in [6, 6.07) is 7.61. The molecule has 0 amide bonds. The summed E-state index contributed by atoms with van der Waals surface area (Å²) in [5.74, 6) is 0. The van der Waals surface area contributed by atoms with Crippen molar-refractivity contribution in [3.63, 3.8) is 0 Å². The fraction of sp³-hybridized carbons (Fsp3) is 0.600. The maximum atomic E-state index is 10.9. The fourth-order valence-corrected chi connectivity index (χ4v) is 3.56. The molecule has 110 valence electrons. The molecule has 1 aromatic rings. The van der Waals surface area contributed by atoms with Gasteiger partial charge in [0.1, 0.15) is 0 Å². The number of rotatable bonds is 6. The van der Waals surface area contributed by atoms with E-state index in [0.29, 0.717) is 6.04 Å². The van der Waals surface area contributed by atoms with Gasteiger partial charge in [-0.3, -0.25) is 10.1 Å². The molecule has 5 heteroatoms. The van der Waals surface area contributed by atoms with Crippen LogP contribution < -0.4 is 5.32 Å². The first-order valence-corrected chi connectivity index (χ1v) is 8.48. The fourth-order valence-electron chi connectivity index (χ4n) is 2.81. The summed E-state index contributed by atoms with van der Waals surface area (Å²) >= 11 is 1.97. The molecule has 0 unspecified atom stereocenters. The molecule has 0 spiro atoms. The van der Waals surface area contributed by atoms with Gasteiger partial charge in [0.2, 0.25) is 0 Å². The third-order valence-electron chi connectivity index (χ3n) is 4.02. The molecule has 1 aromatic carbocycles. The lowest BCUT2D eigenvalue weighted by Gasteiger charge is -2.28. The SMILES string of the molecule is CSC1CCC(NCCc2ccccc2[N+](=O)[O-])CC1. The molecule has 2 rings (SSSR count). The molecule has 1 aliphatic rings. The lowest BCUT2D eigenvalue weighted by Crippen LogP contribution is -2.35. The first-order chi connectivity index (χ1) is 9.70. The second-order valence-electron chi connectivity index (χ2n) is 5.30. The Morgan fingerprint density at radius 3 is 2.65 bits per heavy atom. The van der Waals surface area contributed by atoms with Crippen molar-refractivity contribution in [2.75, 3.05) is 12.8 Å². The Kier molecular flexibility index (Phi) is 5.86. The lowest BCUT2D eigenvalue weighted by molar-refractivity contribution is -0.385. The van der Waals surface area contributed by atoms with Crippen LogP contribution in [0.15, 0.2) is 24.3 Å². The molecular formula is C15H22N2O2S. The zero-order valence-corrected chi connectivity index (χ0v) is 12.7. The summed E-state index contributed by atoms with van der Waals surface area (Å²) in [5, 5.41) is 15.3. The van der Waals surface area contributed by atoms with Crippen molar-refractivity contribution in [2.24, 2.45) is 0 Å². The van der Waals surface area contributed by atoms with Gasteiger partial charge >= 0.3 is 0 Å². The molecule has 4 nitrogen and oxygen atoms in total. The first kappa shape index (κ1) is 15.3. The number of thioether (sulfide) groups is 1. The first-order valence-electron chi connectivity index (χ1n) is 7.19. The van der Waals surface area contributed by atoms with E-state index in [1.54, 1.807) is 12.1 Å². The van der Waals surface area contributed by atoms with Crippen LogP contribution >= 0.6 is 11.8 Å². The molecule has 0 bridgehead atoms. The van der Waals surface area contributed by atoms with E-state index in [4.69, 9.17) is 0 Å². The topological polar surface area (TPSA) is 55.2 Å². The number of hydrogen-bond donors (Lipinski definition) is 1. The van der Waals surface area contributed by atoms with Gasteiger partial charge in [0.15, 0.2) is 0 Å². The van der Waals surface area contributed by atoms with E-state index in [9.17, 15) is 10.1 Å². The Morgan fingerprint density at radius 2 is 2.00 bits per heavy atom. The van der Waals surface area contributed by atoms with Crippen molar-refractivity contribution < 1.29 is 4.92 Å². The van der Waals surface area contributed by atoms with E-state index in [1.807, 2.05) is 23.9 Å². The highest BCUT2D eigenvalue weighted by Gasteiger charge is 2.20. The minimum Gasteiger partial charge on any atom is -0.314 e. The Labute approximate surface area is 124 Å². The van der Waals surface area contributed by atoms with Crippen LogP contribution in [0.2, 0.25) is 0 Å². The van der Waals surface area contributed by atoms with Crippen LogP contribution in [0.1, 0.15) is 31.2 Å². The largest absolute Gasteiger partial charge is 0.314 e. The van der Waals surface area contributed by atoms with Crippen molar-refractivity contribution in [3.8, 4) is 0 Å². The van der Waals surface area contributed by atoms with Crippen molar-refractivity contribution in [2.45, 2.75) is 43.4 Å². The average Bonchev–Trinajstić information content (AvgIpc) is 2.48. The van der Waals surface area contributed by atoms with Gasteiger partial charge in [-0.2, -0.15) is 11.8 Å². The summed E-state index contributed by atoms with van der Waals surface area (Å²) in [5.41, 5.74) is 1.06. The summed E-state index contributed by atoms with van der Waals surface area (Å²) < 4.78 is 0. The van der Waals surface area contributed by atoms with Crippen LogP contribution in [0.4, 0.5) is 5.69 Å². The molecule has 0 atom stereocenters. The number of nitro benzene ring substituents is 1. The molecule has 0 heterocycles. The summed E-state index contributed by atoms with van der Waals surface area (Å²) in [4.78, 5) is 10.6. The van der Waals surface area contributed by atoms with Gasteiger partial charge in [-0.15, -0.1) is 0 Å². The van der Waals surface area contributed by atoms with E-state index in [0.717, 1.165) is 23.8 Å². The smallest absolute Gasteiger partial charge is 0.272 e. The van der Waals surface area contributed by atoms with Crippen LogP contribution in [0.3, 0.4) is 0 Å². The summed E-state index contributed by atoms with van der Waals surface area (Å²) in [6.45, 7) is 0.819. The van der Waals surface area contributed by atoms with Crippen LogP contribution in [-0.2, 0) is 6.42 Å². The molecule has 0 aromatic heterocycles. The summed E-state index contributed by atoms with van der Waals surface area (Å²) in [7, 11) is 0. The van der Waals surface area contributed by atoms with Gasteiger partial charge in [-0.25, -0.2) is 0 Å². The van der Waals surface area contributed by atoms with Gasteiger partial charge in [0, 0.05) is 22.9 Å². The van der Waals surface area contributed by atoms with Gasteiger partial charge in [0.25, 0.3) is 5.69 Å². The standard InChI is InChI=1S/C15H22N2O2S/c1-20-14-8-6-13(7-9-14)16-11-10-12-4-2-3-5-15(12)17(18)19/h2-5,13-14,16H,6-11H2,1H3. The molecular weight excluding hydrogens is 272 g/mol. The number of nitrogens with zero attached hydrogens (tertiary/aromatic N) is 1. The molecule has 20 heavy (non-hydrogen) atoms. The van der Waals surface area contributed by atoms with Crippen LogP contribution in [0.25, 0.3) is 0 Å². The van der Waals surface area contributed by atoms with Crippen molar-refractivity contribution in [1.29, 1.82) is 0 Å². The third-order valence-corrected chi connectivity index (χ3v) is 5.16. The molecule has 1 aliphatic carbocycles. The quantitative estimate of drug-likeness (QED) is 0.645. The van der Waals surface area contributed by atoms with E-state index in [2.05, 4.69) is 11.6 Å². The van der Waals surface area contributed by atoms with E-state index in [-0.39, 0.29) is 10.6 Å². The third kappa shape index (κ3) is 4.21. The van der Waals surface area contributed by atoms with Gasteiger partial charge in [0.05, 0.1) is 4.92 Å². The number of nitro groups is 1. The van der Waals surface area contributed by atoms with Crippen molar-refractivity contribution >= 4 is 17.4 Å². The monoisotopic (exact) mass is 294 g/mol. The number of hydrogen-bond acceptors (Lipinski definition) is 4. The molecule has 0 aliphatic heterocycles. The van der Waals surface area contributed by atoms with Crippen LogP contribution in [-0.4, -0.2) is 29.0 Å². The van der Waals surface area contributed by atoms with Crippen LogP contribution in [0.5, 0.6) is 0 Å². The van der Waals surface area contributed by atoms with Crippen molar-refractivity contribution in [3.05, 3.63) is 39.9 Å². The van der Waals surface area contributed by atoms with Gasteiger partial charge in [-0.1, -0.05) is 18.2 Å². The van der Waals surface area contributed by atoms with Crippen molar-refractivity contribution in [1.82, 2.24) is 5.32 Å². The second kappa shape index (κ2) is 7.64. The number of para-hydroxylation sites is 1. The highest BCUT2D eigenvalue weighted by molar-refractivity contribution is 7.99.